The zero-order valence-corrected chi connectivity index (χ0v) is 9.79. The third kappa shape index (κ3) is 2.35. The lowest BCUT2D eigenvalue weighted by molar-refractivity contribution is 0.330. The number of benzene rings is 1. The first-order valence-electron chi connectivity index (χ1n) is 5.77. The molecule has 88 valence electrons. The largest absolute Gasteiger partial charge is 0.494 e. The first kappa shape index (κ1) is 11.4. The highest BCUT2D eigenvalue weighted by Gasteiger charge is 2.19. The zero-order chi connectivity index (χ0) is 11.5. The molecule has 0 unspecified atom stereocenters. The predicted molar refractivity (Wildman–Crippen MR) is 62.1 cm³/mol. The molecule has 1 saturated heterocycles. The molecule has 0 aromatic heterocycles. The van der Waals surface area contributed by atoms with Gasteiger partial charge in [-0.05, 0) is 43.0 Å². The maximum Gasteiger partial charge on any atom is 0.165 e. The molecule has 0 radical (unpaired) electrons. The van der Waals surface area contributed by atoms with Gasteiger partial charge < -0.3 is 10.1 Å². The summed E-state index contributed by atoms with van der Waals surface area (Å²) in [6.07, 6.45) is 2.33. The van der Waals surface area contributed by atoms with Gasteiger partial charge in [0.15, 0.2) is 11.6 Å². The quantitative estimate of drug-likeness (QED) is 0.832. The van der Waals surface area contributed by atoms with Crippen LogP contribution in [0.25, 0.3) is 0 Å². The van der Waals surface area contributed by atoms with Crippen LogP contribution in [0.3, 0.4) is 0 Å². The number of rotatable bonds is 2. The fourth-order valence-electron chi connectivity index (χ4n) is 2.18. The first-order valence-corrected chi connectivity index (χ1v) is 5.77. The number of methoxy groups -OCH3 is 1. The molecule has 1 aromatic carbocycles. The minimum Gasteiger partial charge on any atom is -0.494 e. The molecular weight excluding hydrogens is 205 g/mol. The predicted octanol–water partition coefficient (Wildman–Crippen LogP) is 2.89. The second-order valence-corrected chi connectivity index (χ2v) is 4.54. The number of halogens is 1. The smallest absolute Gasteiger partial charge is 0.165 e. The van der Waals surface area contributed by atoms with Crippen molar-refractivity contribution in [2.24, 2.45) is 5.92 Å². The van der Waals surface area contributed by atoms with Gasteiger partial charge in [-0.25, -0.2) is 4.39 Å². The Morgan fingerprint density at radius 3 is 2.81 bits per heavy atom. The van der Waals surface area contributed by atoms with Crippen LogP contribution < -0.4 is 10.1 Å². The molecule has 16 heavy (non-hydrogen) atoms. The molecule has 1 N–H and O–H groups in total. The molecular formula is C13H18FNO. The van der Waals surface area contributed by atoms with Crippen LogP contribution in [-0.4, -0.2) is 13.7 Å². The summed E-state index contributed by atoms with van der Waals surface area (Å²) in [5.74, 6) is 0.770. The van der Waals surface area contributed by atoms with Crippen molar-refractivity contribution in [2.75, 3.05) is 13.7 Å². The Bertz CT molecular complexity index is 359. The Kier molecular flexibility index (Phi) is 3.44. The standard InChI is InChI=1S/C13H18FNO/c1-9-3-6-12(15-8-9)10-4-5-11(14)13(7-10)16-2/h4-5,7,9,12,15H,3,6,8H2,1-2H3/t9-,12+/m0/s1. The summed E-state index contributed by atoms with van der Waals surface area (Å²) in [5, 5.41) is 3.48. The van der Waals surface area contributed by atoms with Gasteiger partial charge in [-0.15, -0.1) is 0 Å². The Morgan fingerprint density at radius 2 is 2.19 bits per heavy atom. The molecule has 0 saturated carbocycles. The molecule has 0 spiro atoms. The van der Waals surface area contributed by atoms with Crippen LogP contribution in [0, 0.1) is 11.7 Å². The van der Waals surface area contributed by atoms with Crippen molar-refractivity contribution in [3.05, 3.63) is 29.6 Å². The SMILES string of the molecule is COc1cc([C@H]2CC[C@H](C)CN2)ccc1F. The number of piperidine rings is 1. The number of nitrogens with one attached hydrogen (secondary N) is 1. The van der Waals surface area contributed by atoms with E-state index in [1.165, 1.54) is 19.6 Å². The van der Waals surface area contributed by atoms with Gasteiger partial charge in [0.05, 0.1) is 7.11 Å². The van der Waals surface area contributed by atoms with Crippen LogP contribution in [0.4, 0.5) is 4.39 Å². The molecule has 0 aliphatic carbocycles. The Balaban J connectivity index is 2.14. The van der Waals surface area contributed by atoms with Crippen LogP contribution in [0.2, 0.25) is 0 Å². The highest BCUT2D eigenvalue weighted by atomic mass is 19.1. The minimum absolute atomic E-state index is 0.296. The lowest BCUT2D eigenvalue weighted by Crippen LogP contribution is -2.31. The Labute approximate surface area is 95.8 Å². The van der Waals surface area contributed by atoms with Crippen LogP contribution in [0.15, 0.2) is 18.2 Å². The van der Waals surface area contributed by atoms with E-state index in [2.05, 4.69) is 12.2 Å². The summed E-state index contributed by atoms with van der Waals surface area (Å²) in [5.41, 5.74) is 1.12. The molecule has 3 heteroatoms. The van der Waals surface area contributed by atoms with Gasteiger partial charge in [0, 0.05) is 6.04 Å². The molecule has 0 amide bonds. The van der Waals surface area contributed by atoms with E-state index in [0.29, 0.717) is 11.8 Å². The van der Waals surface area contributed by atoms with Crippen molar-refractivity contribution >= 4 is 0 Å². The van der Waals surface area contributed by atoms with E-state index < -0.39 is 0 Å². The van der Waals surface area contributed by atoms with E-state index >= 15 is 0 Å². The number of hydrogen-bond acceptors (Lipinski definition) is 2. The summed E-state index contributed by atoms with van der Waals surface area (Å²) in [7, 11) is 1.50. The van der Waals surface area contributed by atoms with Gasteiger partial charge in [0.1, 0.15) is 0 Å². The number of ether oxygens (including phenoxy) is 1. The summed E-state index contributed by atoms with van der Waals surface area (Å²) in [4.78, 5) is 0. The molecule has 1 aromatic rings. The van der Waals surface area contributed by atoms with Crippen LogP contribution >= 0.6 is 0 Å². The lowest BCUT2D eigenvalue weighted by atomic mass is 9.92. The van der Waals surface area contributed by atoms with Crippen molar-refractivity contribution < 1.29 is 9.13 Å². The fraction of sp³-hybridized carbons (Fsp3) is 0.538. The second kappa shape index (κ2) is 4.83. The molecule has 2 nitrogen and oxygen atoms in total. The molecule has 1 fully saturated rings. The Morgan fingerprint density at radius 1 is 1.38 bits per heavy atom. The third-order valence-electron chi connectivity index (χ3n) is 3.24. The van der Waals surface area contributed by atoms with E-state index in [-0.39, 0.29) is 5.82 Å². The van der Waals surface area contributed by atoms with Crippen molar-refractivity contribution in [1.29, 1.82) is 0 Å². The van der Waals surface area contributed by atoms with E-state index in [9.17, 15) is 4.39 Å². The molecule has 1 aliphatic rings. The van der Waals surface area contributed by atoms with Gasteiger partial charge in [-0.2, -0.15) is 0 Å². The normalized spacial score (nSPS) is 25.4. The summed E-state index contributed by atoms with van der Waals surface area (Å²) in [6, 6.07) is 5.45. The van der Waals surface area contributed by atoms with Gasteiger partial charge in [0.25, 0.3) is 0 Å². The molecule has 2 rings (SSSR count). The van der Waals surface area contributed by atoms with Crippen molar-refractivity contribution in [3.63, 3.8) is 0 Å². The van der Waals surface area contributed by atoms with Crippen molar-refractivity contribution in [3.8, 4) is 5.75 Å². The van der Waals surface area contributed by atoms with E-state index in [1.54, 1.807) is 6.07 Å². The van der Waals surface area contributed by atoms with Gasteiger partial charge in [0.2, 0.25) is 0 Å². The maximum absolute atomic E-state index is 13.3. The van der Waals surface area contributed by atoms with Gasteiger partial charge >= 0.3 is 0 Å². The van der Waals surface area contributed by atoms with Crippen LogP contribution in [-0.2, 0) is 0 Å². The summed E-state index contributed by atoms with van der Waals surface area (Å²) >= 11 is 0. The zero-order valence-electron chi connectivity index (χ0n) is 9.79. The fourth-order valence-corrected chi connectivity index (χ4v) is 2.18. The third-order valence-corrected chi connectivity index (χ3v) is 3.24. The van der Waals surface area contributed by atoms with Crippen LogP contribution in [0.1, 0.15) is 31.4 Å². The van der Waals surface area contributed by atoms with E-state index in [4.69, 9.17) is 4.74 Å². The maximum atomic E-state index is 13.3. The molecule has 2 atom stereocenters. The molecule has 1 aliphatic heterocycles. The molecule has 1 heterocycles. The van der Waals surface area contributed by atoms with E-state index in [1.807, 2.05) is 6.07 Å². The first-order chi connectivity index (χ1) is 7.70. The van der Waals surface area contributed by atoms with Crippen molar-refractivity contribution in [1.82, 2.24) is 5.32 Å². The lowest BCUT2D eigenvalue weighted by Gasteiger charge is -2.28. The summed E-state index contributed by atoms with van der Waals surface area (Å²) in [6.45, 7) is 3.28. The monoisotopic (exact) mass is 223 g/mol. The highest BCUT2D eigenvalue weighted by molar-refractivity contribution is 5.32. The van der Waals surface area contributed by atoms with Gasteiger partial charge in [-0.3, -0.25) is 0 Å². The Hall–Kier alpha value is -1.09. The van der Waals surface area contributed by atoms with Crippen molar-refractivity contribution in [2.45, 2.75) is 25.8 Å². The average Bonchev–Trinajstić information content (AvgIpc) is 2.31. The molecule has 0 bridgehead atoms. The minimum atomic E-state index is -0.296. The van der Waals surface area contributed by atoms with Gasteiger partial charge in [-0.1, -0.05) is 13.0 Å². The average molecular weight is 223 g/mol. The van der Waals surface area contributed by atoms with E-state index in [0.717, 1.165) is 24.4 Å². The van der Waals surface area contributed by atoms with Crippen LogP contribution in [0.5, 0.6) is 5.75 Å². The topological polar surface area (TPSA) is 21.3 Å². The summed E-state index contributed by atoms with van der Waals surface area (Å²) < 4.78 is 18.2. The number of hydrogen-bond donors (Lipinski definition) is 1. The highest BCUT2D eigenvalue weighted by Crippen LogP contribution is 2.28. The second-order valence-electron chi connectivity index (χ2n) is 4.54.